The van der Waals surface area contributed by atoms with Crippen molar-refractivity contribution >= 4 is 0 Å². The first-order valence-electron chi connectivity index (χ1n) is 8.00. The van der Waals surface area contributed by atoms with E-state index < -0.39 is 5.60 Å². The zero-order chi connectivity index (χ0) is 13.6. The Morgan fingerprint density at radius 3 is 3.00 bits per heavy atom. The van der Waals surface area contributed by atoms with Crippen molar-refractivity contribution in [3.05, 3.63) is 11.7 Å². The number of hydrogen-bond acceptors (Lipinski definition) is 5. The summed E-state index contributed by atoms with van der Waals surface area (Å²) in [6.07, 6.45) is 7.88. The molecule has 3 aliphatic rings. The molecule has 110 valence electrons. The van der Waals surface area contributed by atoms with E-state index in [2.05, 4.69) is 15.0 Å². The molecule has 1 aliphatic heterocycles. The van der Waals surface area contributed by atoms with Crippen molar-refractivity contribution in [1.82, 2.24) is 15.0 Å². The van der Waals surface area contributed by atoms with E-state index in [1.807, 2.05) is 0 Å². The predicted octanol–water partition coefficient (Wildman–Crippen LogP) is 2.07. The summed E-state index contributed by atoms with van der Waals surface area (Å²) in [4.78, 5) is 6.88. The molecule has 0 bridgehead atoms. The van der Waals surface area contributed by atoms with Crippen LogP contribution in [0.1, 0.15) is 62.6 Å². The van der Waals surface area contributed by atoms with Crippen LogP contribution in [0.15, 0.2) is 4.52 Å². The summed E-state index contributed by atoms with van der Waals surface area (Å²) in [6, 6.07) is 0. The summed E-state index contributed by atoms with van der Waals surface area (Å²) < 4.78 is 5.36. The van der Waals surface area contributed by atoms with Crippen molar-refractivity contribution in [2.24, 2.45) is 5.92 Å². The Kier molecular flexibility index (Phi) is 3.07. The maximum atomic E-state index is 10.7. The molecule has 0 radical (unpaired) electrons. The van der Waals surface area contributed by atoms with Crippen molar-refractivity contribution < 1.29 is 9.63 Å². The fraction of sp³-hybridized carbons (Fsp3) is 0.867. The lowest BCUT2D eigenvalue weighted by Gasteiger charge is -2.47. The lowest BCUT2D eigenvalue weighted by molar-refractivity contribution is -0.0979. The minimum absolute atomic E-state index is 0.400. The van der Waals surface area contributed by atoms with Crippen LogP contribution in [-0.4, -0.2) is 38.8 Å². The third kappa shape index (κ3) is 2.37. The number of aliphatic hydroxyl groups is 1. The maximum Gasteiger partial charge on any atom is 0.240 e. The van der Waals surface area contributed by atoms with E-state index in [-0.39, 0.29) is 0 Å². The van der Waals surface area contributed by atoms with Gasteiger partial charge in [0.2, 0.25) is 5.89 Å². The summed E-state index contributed by atoms with van der Waals surface area (Å²) >= 11 is 0. The molecule has 2 aliphatic carbocycles. The number of rotatable bonds is 3. The molecule has 1 saturated heterocycles. The quantitative estimate of drug-likeness (QED) is 0.916. The molecule has 0 aromatic carbocycles. The van der Waals surface area contributed by atoms with Crippen LogP contribution in [0.5, 0.6) is 0 Å². The minimum atomic E-state index is -0.400. The molecule has 5 heteroatoms. The lowest BCUT2D eigenvalue weighted by Crippen LogP contribution is -2.52. The van der Waals surface area contributed by atoms with Crippen LogP contribution in [0.4, 0.5) is 0 Å². The summed E-state index contributed by atoms with van der Waals surface area (Å²) in [5.41, 5.74) is -0.400. The van der Waals surface area contributed by atoms with E-state index >= 15 is 0 Å². The lowest BCUT2D eigenvalue weighted by atomic mass is 9.71. The van der Waals surface area contributed by atoms with E-state index in [9.17, 15) is 5.11 Å². The minimum Gasteiger partial charge on any atom is -0.390 e. The zero-order valence-corrected chi connectivity index (χ0v) is 11.9. The third-order valence-corrected chi connectivity index (χ3v) is 5.30. The van der Waals surface area contributed by atoms with Gasteiger partial charge in [-0.1, -0.05) is 18.0 Å². The molecule has 1 aromatic heterocycles. The van der Waals surface area contributed by atoms with Gasteiger partial charge in [0.1, 0.15) is 0 Å². The molecule has 2 heterocycles. The van der Waals surface area contributed by atoms with E-state index in [0.717, 1.165) is 50.6 Å². The van der Waals surface area contributed by atoms with Crippen LogP contribution in [0, 0.1) is 5.92 Å². The Labute approximate surface area is 119 Å². The molecule has 3 fully saturated rings. The summed E-state index contributed by atoms with van der Waals surface area (Å²) in [6.45, 7) is 2.65. The highest BCUT2D eigenvalue weighted by Crippen LogP contribution is 2.40. The Morgan fingerprint density at radius 1 is 1.25 bits per heavy atom. The molecule has 4 rings (SSSR count). The second-order valence-electron chi connectivity index (χ2n) is 6.85. The van der Waals surface area contributed by atoms with Crippen LogP contribution in [0.2, 0.25) is 0 Å². The summed E-state index contributed by atoms with van der Waals surface area (Å²) in [7, 11) is 0. The Bertz CT molecular complexity index is 485. The van der Waals surface area contributed by atoms with Gasteiger partial charge in [-0.25, -0.2) is 0 Å². The monoisotopic (exact) mass is 277 g/mol. The van der Waals surface area contributed by atoms with Crippen LogP contribution in [-0.2, 0) is 6.54 Å². The molecule has 5 nitrogen and oxygen atoms in total. The fourth-order valence-electron chi connectivity index (χ4n) is 3.81. The van der Waals surface area contributed by atoms with E-state index in [0.29, 0.717) is 11.8 Å². The van der Waals surface area contributed by atoms with Crippen molar-refractivity contribution in [2.75, 3.05) is 13.1 Å². The summed E-state index contributed by atoms with van der Waals surface area (Å²) in [5, 5.41) is 14.8. The van der Waals surface area contributed by atoms with Gasteiger partial charge in [-0.3, -0.25) is 4.90 Å². The fourth-order valence-corrected chi connectivity index (χ4v) is 3.81. The van der Waals surface area contributed by atoms with Gasteiger partial charge in [-0.15, -0.1) is 0 Å². The van der Waals surface area contributed by atoms with Gasteiger partial charge in [0.15, 0.2) is 5.82 Å². The first-order chi connectivity index (χ1) is 9.73. The number of aromatic nitrogens is 2. The SMILES string of the molecule is OC12CCCCC1CN(Cc1nc(C3CC3)no1)CC2. The number of fused-ring (bicyclic) bond motifs is 1. The van der Waals surface area contributed by atoms with Gasteiger partial charge >= 0.3 is 0 Å². The van der Waals surface area contributed by atoms with Gasteiger partial charge < -0.3 is 9.63 Å². The van der Waals surface area contributed by atoms with Crippen LogP contribution < -0.4 is 0 Å². The molecular weight excluding hydrogens is 254 g/mol. The number of hydrogen-bond donors (Lipinski definition) is 1. The van der Waals surface area contributed by atoms with Crippen LogP contribution in [0.3, 0.4) is 0 Å². The molecule has 0 amide bonds. The highest BCUT2D eigenvalue weighted by Gasteiger charge is 2.42. The molecule has 1 aromatic rings. The Morgan fingerprint density at radius 2 is 2.15 bits per heavy atom. The van der Waals surface area contributed by atoms with Crippen molar-refractivity contribution in [1.29, 1.82) is 0 Å². The summed E-state index contributed by atoms with van der Waals surface area (Å²) in [5.74, 6) is 2.62. The highest BCUT2D eigenvalue weighted by atomic mass is 16.5. The van der Waals surface area contributed by atoms with Gasteiger partial charge in [0.05, 0.1) is 12.1 Å². The van der Waals surface area contributed by atoms with Crippen LogP contribution in [0.25, 0.3) is 0 Å². The Balaban J connectivity index is 1.39. The van der Waals surface area contributed by atoms with E-state index in [4.69, 9.17) is 4.52 Å². The standard InChI is InChI=1S/C15H23N3O2/c19-15-6-2-1-3-12(15)9-18(8-7-15)10-13-16-14(17-20-13)11-4-5-11/h11-12,19H,1-10H2. The van der Waals surface area contributed by atoms with Gasteiger partial charge in [-0.2, -0.15) is 4.98 Å². The van der Waals surface area contributed by atoms with Gasteiger partial charge in [0.25, 0.3) is 0 Å². The number of piperidine rings is 1. The van der Waals surface area contributed by atoms with Crippen molar-refractivity contribution in [3.63, 3.8) is 0 Å². The topological polar surface area (TPSA) is 62.4 Å². The predicted molar refractivity (Wildman–Crippen MR) is 73.1 cm³/mol. The van der Waals surface area contributed by atoms with E-state index in [1.54, 1.807) is 0 Å². The van der Waals surface area contributed by atoms with Crippen molar-refractivity contribution in [2.45, 2.75) is 63.0 Å². The molecule has 20 heavy (non-hydrogen) atoms. The molecule has 0 spiro atoms. The second kappa shape index (κ2) is 4.81. The van der Waals surface area contributed by atoms with E-state index in [1.165, 1.54) is 25.7 Å². The zero-order valence-electron chi connectivity index (χ0n) is 11.9. The molecule has 2 atom stereocenters. The van der Waals surface area contributed by atoms with Gasteiger partial charge in [0, 0.05) is 24.9 Å². The largest absolute Gasteiger partial charge is 0.390 e. The smallest absolute Gasteiger partial charge is 0.240 e. The number of likely N-dealkylation sites (tertiary alicyclic amines) is 1. The Hall–Kier alpha value is -0.940. The number of nitrogens with zero attached hydrogens (tertiary/aromatic N) is 3. The normalized spacial score (nSPS) is 35.0. The molecule has 2 unspecified atom stereocenters. The average Bonchev–Trinajstić information content (AvgIpc) is 3.20. The first-order valence-corrected chi connectivity index (χ1v) is 8.00. The van der Waals surface area contributed by atoms with Crippen molar-refractivity contribution in [3.8, 4) is 0 Å². The highest BCUT2D eigenvalue weighted by molar-refractivity contribution is 5.03. The first kappa shape index (κ1) is 12.8. The van der Waals surface area contributed by atoms with Crippen LogP contribution >= 0.6 is 0 Å². The molecule has 2 saturated carbocycles. The third-order valence-electron chi connectivity index (χ3n) is 5.30. The average molecular weight is 277 g/mol. The maximum absolute atomic E-state index is 10.7. The molecular formula is C15H23N3O2. The second-order valence-corrected chi connectivity index (χ2v) is 6.85. The molecule has 1 N–H and O–H groups in total. The van der Waals surface area contributed by atoms with Gasteiger partial charge in [-0.05, 0) is 32.1 Å².